The zero-order valence-electron chi connectivity index (χ0n) is 22.2. The van der Waals surface area contributed by atoms with Crippen LogP contribution < -0.4 is 0 Å². The number of hydrogen-bond acceptors (Lipinski definition) is 0. The second-order valence-corrected chi connectivity index (χ2v) is 11.5. The van der Waals surface area contributed by atoms with Gasteiger partial charge in [-0.05, 0) is 35.5 Å². The van der Waals surface area contributed by atoms with E-state index in [1.165, 1.54) is 116 Å². The van der Waals surface area contributed by atoms with Gasteiger partial charge in [0.15, 0.2) is 0 Å². The molecule has 3 saturated carbocycles. The fraction of sp³-hybridized carbons (Fsp3) is 1.00. The third kappa shape index (κ3) is 19.2. The normalized spacial score (nSPS) is 30.2. The largest absolute Gasteiger partial charge is 0.0776 e. The smallest absolute Gasteiger partial charge is 0.0414 e. The zero-order valence-corrected chi connectivity index (χ0v) is 22.2. The molecule has 3 aliphatic carbocycles. The standard InChI is InChI=1S/C12H24.C10H20.C8H16.4CH4/c1-3-5-11-7-9-12(6-4-2)10-8-11;1-3-9-5-7-10(4-2)8-6-9;1-7-3-5-8(2)6-4-7;;;;/h11-12H,3-10H2,1-2H3;9-10H,3-8H2,1-2H3;7-8H,3-6H2,1-2H3;4*1H4. The maximum atomic E-state index is 2.37. The molecule has 0 atom stereocenters. The Hall–Kier alpha value is 0. The lowest BCUT2D eigenvalue weighted by Crippen LogP contribution is -2.14. The molecule has 0 nitrogen and oxygen atoms in total. The van der Waals surface area contributed by atoms with Crippen molar-refractivity contribution in [2.45, 2.75) is 187 Å². The van der Waals surface area contributed by atoms with Crippen molar-refractivity contribution in [3.8, 4) is 0 Å². The Balaban J connectivity index is -0.000000190. The minimum Gasteiger partial charge on any atom is -0.0776 e. The molecule has 0 bridgehead atoms. The van der Waals surface area contributed by atoms with Gasteiger partial charge in [-0.15, -0.1) is 0 Å². The van der Waals surface area contributed by atoms with Gasteiger partial charge in [-0.1, -0.05) is 187 Å². The molecule has 3 aliphatic rings. The lowest BCUT2D eigenvalue weighted by atomic mass is 9.78. The lowest BCUT2D eigenvalue weighted by molar-refractivity contribution is 0.251. The second kappa shape index (κ2) is 26.1. The monoisotopic (exact) mass is 485 g/mol. The molecule has 34 heavy (non-hydrogen) atoms. The van der Waals surface area contributed by atoms with Gasteiger partial charge in [-0.2, -0.15) is 0 Å². The van der Waals surface area contributed by atoms with Crippen LogP contribution in [0.25, 0.3) is 0 Å². The van der Waals surface area contributed by atoms with Crippen molar-refractivity contribution >= 4 is 0 Å². The Labute approximate surface area is 222 Å². The Kier molecular flexibility index (Phi) is 31.5. The van der Waals surface area contributed by atoms with Crippen LogP contribution in [0.4, 0.5) is 0 Å². The fourth-order valence-electron chi connectivity index (χ4n) is 6.10. The van der Waals surface area contributed by atoms with Crippen molar-refractivity contribution in [3.05, 3.63) is 0 Å². The summed E-state index contributed by atoms with van der Waals surface area (Å²) in [6, 6.07) is 0. The molecule has 0 aromatic heterocycles. The summed E-state index contributed by atoms with van der Waals surface area (Å²) in [6.45, 7) is 14.0. The summed E-state index contributed by atoms with van der Waals surface area (Å²) in [5, 5.41) is 0. The van der Waals surface area contributed by atoms with Crippen LogP contribution in [-0.4, -0.2) is 0 Å². The first kappa shape index (κ1) is 41.1. The van der Waals surface area contributed by atoms with Crippen LogP contribution in [0.3, 0.4) is 0 Å². The molecule has 0 aromatic carbocycles. The molecule has 0 aromatic rings. The molecule has 0 heteroatoms. The lowest BCUT2D eigenvalue weighted by Gasteiger charge is -2.27. The average molecular weight is 485 g/mol. The maximum Gasteiger partial charge on any atom is -0.0414 e. The van der Waals surface area contributed by atoms with Crippen LogP contribution >= 0.6 is 0 Å². The predicted molar refractivity (Wildman–Crippen MR) is 165 cm³/mol. The van der Waals surface area contributed by atoms with E-state index in [1.54, 1.807) is 0 Å². The first-order valence-corrected chi connectivity index (χ1v) is 14.5. The van der Waals surface area contributed by atoms with Crippen molar-refractivity contribution in [1.29, 1.82) is 0 Å². The highest BCUT2D eigenvalue weighted by atomic mass is 14.3. The van der Waals surface area contributed by atoms with E-state index in [1.807, 2.05) is 0 Å². The Morgan fingerprint density at radius 2 is 0.618 bits per heavy atom. The quantitative estimate of drug-likeness (QED) is 0.351. The van der Waals surface area contributed by atoms with E-state index in [2.05, 4.69) is 41.5 Å². The van der Waals surface area contributed by atoms with Gasteiger partial charge in [-0.3, -0.25) is 0 Å². The molecule has 0 spiro atoms. The molecule has 212 valence electrons. The maximum absolute atomic E-state index is 2.37. The van der Waals surface area contributed by atoms with Crippen LogP contribution in [-0.2, 0) is 0 Å². The minimum atomic E-state index is 0. The summed E-state index contributed by atoms with van der Waals surface area (Å²) in [6.07, 6.45) is 26.6. The van der Waals surface area contributed by atoms with Gasteiger partial charge < -0.3 is 0 Å². The van der Waals surface area contributed by atoms with E-state index in [0.29, 0.717) is 0 Å². The SMILES string of the molecule is C.C.C.C.CC1CCC(C)CC1.CCC1CCC(CC)CC1.CCCC1CCC(CCC)CC1. The minimum absolute atomic E-state index is 0. The van der Waals surface area contributed by atoms with Gasteiger partial charge in [0, 0.05) is 0 Å². The molecule has 0 amide bonds. The van der Waals surface area contributed by atoms with Crippen LogP contribution in [0.2, 0.25) is 0 Å². The van der Waals surface area contributed by atoms with E-state index in [0.717, 1.165) is 35.5 Å². The van der Waals surface area contributed by atoms with E-state index in [9.17, 15) is 0 Å². The first-order valence-electron chi connectivity index (χ1n) is 14.5. The van der Waals surface area contributed by atoms with Gasteiger partial charge >= 0.3 is 0 Å². The van der Waals surface area contributed by atoms with E-state index in [-0.39, 0.29) is 29.7 Å². The second-order valence-electron chi connectivity index (χ2n) is 11.5. The third-order valence-corrected chi connectivity index (χ3v) is 8.79. The summed E-state index contributed by atoms with van der Waals surface area (Å²) in [4.78, 5) is 0. The van der Waals surface area contributed by atoms with Crippen molar-refractivity contribution in [1.82, 2.24) is 0 Å². The number of hydrogen-bond donors (Lipinski definition) is 0. The molecule has 3 rings (SSSR count). The summed E-state index contributed by atoms with van der Waals surface area (Å²) < 4.78 is 0. The highest BCUT2D eigenvalue weighted by Gasteiger charge is 2.19. The summed E-state index contributed by atoms with van der Waals surface area (Å²) in [5.74, 6) is 6.36. The highest BCUT2D eigenvalue weighted by Crippen LogP contribution is 2.34. The molecular weight excluding hydrogens is 408 g/mol. The molecule has 0 N–H and O–H groups in total. The molecule has 3 fully saturated rings. The van der Waals surface area contributed by atoms with Crippen LogP contribution in [0.5, 0.6) is 0 Å². The summed E-state index contributed by atoms with van der Waals surface area (Å²) >= 11 is 0. The van der Waals surface area contributed by atoms with Crippen LogP contribution in [0.1, 0.15) is 187 Å². The van der Waals surface area contributed by atoms with Gasteiger partial charge in [0.25, 0.3) is 0 Å². The molecule has 0 unspecified atom stereocenters. The Morgan fingerprint density at radius 1 is 0.382 bits per heavy atom. The summed E-state index contributed by atoms with van der Waals surface area (Å²) in [5.41, 5.74) is 0. The van der Waals surface area contributed by atoms with E-state index < -0.39 is 0 Å². The van der Waals surface area contributed by atoms with E-state index >= 15 is 0 Å². The Morgan fingerprint density at radius 3 is 0.824 bits per heavy atom. The Bertz CT molecular complexity index is 312. The fourth-order valence-corrected chi connectivity index (χ4v) is 6.10. The van der Waals surface area contributed by atoms with Crippen molar-refractivity contribution in [2.75, 3.05) is 0 Å². The topological polar surface area (TPSA) is 0 Å². The molecular formula is C34H76. The van der Waals surface area contributed by atoms with Crippen LogP contribution in [0.15, 0.2) is 0 Å². The predicted octanol–water partition coefficient (Wildman–Crippen LogP) is 13.4. The van der Waals surface area contributed by atoms with Gasteiger partial charge in [0.1, 0.15) is 0 Å². The average Bonchev–Trinajstić information content (AvgIpc) is 2.78. The first-order chi connectivity index (χ1) is 14.5. The molecule has 0 aliphatic heterocycles. The van der Waals surface area contributed by atoms with Crippen molar-refractivity contribution in [3.63, 3.8) is 0 Å². The van der Waals surface area contributed by atoms with Crippen LogP contribution in [0, 0.1) is 35.5 Å². The van der Waals surface area contributed by atoms with E-state index in [4.69, 9.17) is 0 Å². The third-order valence-electron chi connectivity index (χ3n) is 8.79. The van der Waals surface area contributed by atoms with Gasteiger partial charge in [-0.25, -0.2) is 0 Å². The van der Waals surface area contributed by atoms with Gasteiger partial charge in [0.2, 0.25) is 0 Å². The van der Waals surface area contributed by atoms with Crippen molar-refractivity contribution < 1.29 is 0 Å². The van der Waals surface area contributed by atoms with Crippen molar-refractivity contribution in [2.24, 2.45) is 35.5 Å². The molecule has 0 radical (unpaired) electrons. The zero-order chi connectivity index (χ0) is 22.2. The summed E-state index contributed by atoms with van der Waals surface area (Å²) in [7, 11) is 0. The highest BCUT2D eigenvalue weighted by molar-refractivity contribution is 4.72. The van der Waals surface area contributed by atoms with Gasteiger partial charge in [0.05, 0.1) is 0 Å². The number of rotatable bonds is 6. The molecule has 0 saturated heterocycles. The molecule has 0 heterocycles.